The van der Waals surface area contributed by atoms with E-state index in [0.29, 0.717) is 11.3 Å². The molecule has 106 valence electrons. The molecule has 0 fully saturated rings. The first-order valence-electron chi connectivity index (χ1n) is 5.51. The van der Waals surface area contributed by atoms with Gasteiger partial charge in [0.1, 0.15) is 6.61 Å². The number of benzene rings is 1. The molecule has 0 saturated carbocycles. The van der Waals surface area contributed by atoms with Crippen LogP contribution in [0.15, 0.2) is 12.1 Å². The van der Waals surface area contributed by atoms with E-state index in [4.69, 9.17) is 10.8 Å². The summed E-state index contributed by atoms with van der Waals surface area (Å²) in [6.45, 7) is -0.345. The van der Waals surface area contributed by atoms with E-state index in [-0.39, 0.29) is 11.3 Å². The Morgan fingerprint density at radius 1 is 1.53 bits per heavy atom. The van der Waals surface area contributed by atoms with Gasteiger partial charge in [0.25, 0.3) is 5.92 Å². The summed E-state index contributed by atoms with van der Waals surface area (Å²) in [5, 5.41) is 10.9. The zero-order chi connectivity index (χ0) is 14.6. The highest BCUT2D eigenvalue weighted by atomic mass is 19.3. The van der Waals surface area contributed by atoms with E-state index in [1.807, 2.05) is 0 Å². The number of rotatable bonds is 5. The fraction of sp³-hybridized carbons (Fsp3) is 0.417. The SMILES string of the molecule is COC(=O)c1cc(NCC(F)(F)CO)cc(C)c1N. The Bertz CT molecular complexity index is 478. The van der Waals surface area contributed by atoms with Crippen LogP contribution in [0.5, 0.6) is 0 Å². The number of aliphatic hydroxyl groups excluding tert-OH is 1. The third-order valence-corrected chi connectivity index (χ3v) is 2.57. The van der Waals surface area contributed by atoms with E-state index in [2.05, 4.69) is 10.1 Å². The molecule has 1 rings (SSSR count). The molecule has 19 heavy (non-hydrogen) atoms. The fourth-order valence-electron chi connectivity index (χ4n) is 1.47. The van der Waals surface area contributed by atoms with Crippen molar-refractivity contribution >= 4 is 17.3 Å². The number of hydrogen-bond donors (Lipinski definition) is 3. The minimum absolute atomic E-state index is 0.109. The number of anilines is 2. The number of aryl methyl sites for hydroxylation is 1. The number of nitrogens with two attached hydrogens (primary N) is 1. The van der Waals surface area contributed by atoms with E-state index >= 15 is 0 Å². The second kappa shape index (κ2) is 5.83. The molecule has 0 saturated heterocycles. The predicted molar refractivity (Wildman–Crippen MR) is 67.5 cm³/mol. The largest absolute Gasteiger partial charge is 0.465 e. The number of alkyl halides is 2. The van der Waals surface area contributed by atoms with Crippen molar-refractivity contribution in [2.45, 2.75) is 12.8 Å². The lowest BCUT2D eigenvalue weighted by molar-refractivity contribution is -0.0372. The average molecular weight is 274 g/mol. The molecule has 1 aromatic rings. The lowest BCUT2D eigenvalue weighted by atomic mass is 10.1. The van der Waals surface area contributed by atoms with Crippen molar-refractivity contribution < 1.29 is 23.4 Å². The monoisotopic (exact) mass is 274 g/mol. The van der Waals surface area contributed by atoms with Crippen LogP contribution in [0.3, 0.4) is 0 Å². The number of hydrogen-bond acceptors (Lipinski definition) is 5. The van der Waals surface area contributed by atoms with Gasteiger partial charge in [-0.15, -0.1) is 0 Å². The van der Waals surface area contributed by atoms with Gasteiger partial charge in [0.2, 0.25) is 0 Å². The van der Waals surface area contributed by atoms with Crippen molar-refractivity contribution in [1.29, 1.82) is 0 Å². The van der Waals surface area contributed by atoms with Gasteiger partial charge in [0.05, 0.1) is 19.2 Å². The van der Waals surface area contributed by atoms with Gasteiger partial charge in [-0.2, -0.15) is 0 Å². The molecule has 7 heteroatoms. The van der Waals surface area contributed by atoms with E-state index in [9.17, 15) is 13.6 Å². The number of methoxy groups -OCH3 is 1. The standard InChI is InChI=1S/C12H16F2N2O3/c1-7-3-8(16-5-12(13,14)6-17)4-9(10(7)15)11(18)19-2/h3-4,16-17H,5-6,15H2,1-2H3. The molecule has 0 aliphatic carbocycles. The lowest BCUT2D eigenvalue weighted by Gasteiger charge is -2.16. The first kappa shape index (κ1) is 15.2. The van der Waals surface area contributed by atoms with E-state index < -0.39 is 25.0 Å². The molecule has 0 aliphatic heterocycles. The molecule has 0 radical (unpaired) electrons. The number of esters is 1. The highest BCUT2D eigenvalue weighted by molar-refractivity contribution is 5.97. The Morgan fingerprint density at radius 3 is 2.68 bits per heavy atom. The quantitative estimate of drug-likeness (QED) is 0.558. The first-order valence-corrected chi connectivity index (χ1v) is 5.51. The number of carbonyl (C=O) groups excluding carboxylic acids is 1. The Morgan fingerprint density at radius 2 is 2.16 bits per heavy atom. The summed E-state index contributed by atoms with van der Waals surface area (Å²) >= 11 is 0. The smallest absolute Gasteiger partial charge is 0.340 e. The zero-order valence-electron chi connectivity index (χ0n) is 10.7. The maximum absolute atomic E-state index is 12.9. The Labute approximate surface area is 109 Å². The average Bonchev–Trinajstić information content (AvgIpc) is 2.39. The summed E-state index contributed by atoms with van der Waals surface area (Å²) in [5.74, 6) is -3.88. The van der Waals surface area contributed by atoms with Gasteiger partial charge < -0.3 is 20.9 Å². The minimum atomic E-state index is -3.24. The molecule has 5 nitrogen and oxygen atoms in total. The Hall–Kier alpha value is -1.89. The van der Waals surface area contributed by atoms with Crippen molar-refractivity contribution in [1.82, 2.24) is 0 Å². The molecular weight excluding hydrogens is 258 g/mol. The molecular formula is C12H16F2N2O3. The number of halogens is 2. The van der Waals surface area contributed by atoms with Crippen LogP contribution < -0.4 is 11.1 Å². The fourth-order valence-corrected chi connectivity index (χ4v) is 1.47. The highest BCUT2D eigenvalue weighted by Crippen LogP contribution is 2.24. The van der Waals surface area contributed by atoms with Gasteiger partial charge in [0.15, 0.2) is 0 Å². The van der Waals surface area contributed by atoms with Crippen molar-refractivity contribution in [2.75, 3.05) is 31.3 Å². The van der Waals surface area contributed by atoms with Crippen LogP contribution in [0.25, 0.3) is 0 Å². The molecule has 0 aliphatic rings. The maximum Gasteiger partial charge on any atom is 0.340 e. The summed E-state index contributed by atoms with van der Waals surface area (Å²) in [7, 11) is 1.21. The Balaban J connectivity index is 2.98. The number of carbonyl (C=O) groups is 1. The molecule has 0 amide bonds. The van der Waals surface area contributed by atoms with E-state index in [1.165, 1.54) is 19.2 Å². The van der Waals surface area contributed by atoms with Gasteiger partial charge in [-0.25, -0.2) is 13.6 Å². The van der Waals surface area contributed by atoms with Crippen molar-refractivity contribution in [3.8, 4) is 0 Å². The van der Waals surface area contributed by atoms with Crippen molar-refractivity contribution in [3.63, 3.8) is 0 Å². The summed E-state index contributed by atoms with van der Waals surface area (Å²) in [6.07, 6.45) is 0. The number of nitrogen functional groups attached to an aromatic ring is 1. The van der Waals surface area contributed by atoms with E-state index in [0.717, 1.165) is 0 Å². The number of aliphatic hydroxyl groups is 1. The van der Waals surface area contributed by atoms with Crippen LogP contribution in [0, 0.1) is 6.92 Å². The van der Waals surface area contributed by atoms with Crippen LogP contribution >= 0.6 is 0 Å². The topological polar surface area (TPSA) is 84.6 Å². The normalized spacial score (nSPS) is 11.2. The molecule has 0 atom stereocenters. The van der Waals surface area contributed by atoms with Crippen LogP contribution in [0.1, 0.15) is 15.9 Å². The van der Waals surface area contributed by atoms with Crippen LogP contribution in [0.4, 0.5) is 20.2 Å². The summed E-state index contributed by atoms with van der Waals surface area (Å²) in [6, 6.07) is 2.87. The molecule has 0 spiro atoms. The van der Waals surface area contributed by atoms with Crippen LogP contribution in [0.2, 0.25) is 0 Å². The highest BCUT2D eigenvalue weighted by Gasteiger charge is 2.27. The molecule has 0 aromatic heterocycles. The first-order chi connectivity index (χ1) is 8.80. The summed E-state index contributed by atoms with van der Waals surface area (Å²) in [4.78, 5) is 11.5. The molecule has 1 aromatic carbocycles. The summed E-state index contributed by atoms with van der Waals surface area (Å²) < 4.78 is 30.4. The second-order valence-electron chi connectivity index (χ2n) is 4.11. The van der Waals surface area contributed by atoms with Gasteiger partial charge in [-0.1, -0.05) is 0 Å². The summed E-state index contributed by atoms with van der Waals surface area (Å²) in [5.41, 5.74) is 6.94. The molecule has 0 unspecified atom stereocenters. The van der Waals surface area contributed by atoms with Crippen LogP contribution in [-0.4, -0.2) is 37.3 Å². The molecule has 0 bridgehead atoms. The number of ether oxygens (including phenoxy) is 1. The third-order valence-electron chi connectivity index (χ3n) is 2.57. The molecule has 0 heterocycles. The Kier molecular flexibility index (Phi) is 4.66. The predicted octanol–water partition coefficient (Wildman–Crippen LogP) is 1.40. The zero-order valence-corrected chi connectivity index (χ0v) is 10.7. The van der Waals surface area contributed by atoms with Crippen molar-refractivity contribution in [3.05, 3.63) is 23.3 Å². The maximum atomic E-state index is 12.9. The van der Waals surface area contributed by atoms with Crippen LogP contribution in [-0.2, 0) is 4.74 Å². The second-order valence-corrected chi connectivity index (χ2v) is 4.11. The minimum Gasteiger partial charge on any atom is -0.465 e. The van der Waals surface area contributed by atoms with Gasteiger partial charge in [-0.05, 0) is 24.6 Å². The molecule has 4 N–H and O–H groups in total. The van der Waals surface area contributed by atoms with Gasteiger partial charge in [0, 0.05) is 11.4 Å². The number of nitrogens with one attached hydrogen (secondary N) is 1. The van der Waals surface area contributed by atoms with Gasteiger partial charge in [-0.3, -0.25) is 0 Å². The third kappa shape index (κ3) is 3.78. The lowest BCUT2D eigenvalue weighted by Crippen LogP contribution is -2.31. The van der Waals surface area contributed by atoms with E-state index in [1.54, 1.807) is 6.92 Å². The van der Waals surface area contributed by atoms with Gasteiger partial charge >= 0.3 is 5.97 Å². The van der Waals surface area contributed by atoms with Crippen molar-refractivity contribution in [2.24, 2.45) is 0 Å².